The van der Waals surface area contributed by atoms with Crippen LogP contribution in [0.2, 0.25) is 5.02 Å². The second-order valence-corrected chi connectivity index (χ2v) is 9.43. The minimum absolute atomic E-state index is 0.0532. The van der Waals surface area contributed by atoms with Gasteiger partial charge in [-0.2, -0.15) is 0 Å². The van der Waals surface area contributed by atoms with E-state index in [-0.39, 0.29) is 17.9 Å². The number of carbonyl (C=O) groups is 2. The molecule has 0 saturated carbocycles. The summed E-state index contributed by atoms with van der Waals surface area (Å²) < 4.78 is 1.71. The molecule has 2 aromatic heterocycles. The third-order valence-corrected chi connectivity index (χ3v) is 6.58. The lowest BCUT2D eigenvalue weighted by Crippen LogP contribution is -2.42. The van der Waals surface area contributed by atoms with Crippen molar-refractivity contribution in [3.05, 3.63) is 125 Å². The summed E-state index contributed by atoms with van der Waals surface area (Å²) in [6.07, 6.45) is 3.94. The van der Waals surface area contributed by atoms with Gasteiger partial charge < -0.3 is 19.9 Å². The molecule has 5 rings (SSSR count). The number of fused-ring (bicyclic) bond motifs is 1. The molecule has 5 aromatic rings. The Morgan fingerprint density at radius 1 is 0.921 bits per heavy atom. The molecule has 0 aliphatic carbocycles. The van der Waals surface area contributed by atoms with E-state index in [9.17, 15) is 19.8 Å². The number of rotatable bonds is 8. The minimum atomic E-state index is -1.18. The van der Waals surface area contributed by atoms with Gasteiger partial charge in [0.1, 0.15) is 23.1 Å². The summed E-state index contributed by atoms with van der Waals surface area (Å²) in [5.74, 6) is -1.65. The van der Waals surface area contributed by atoms with Crippen molar-refractivity contribution in [2.24, 2.45) is 0 Å². The van der Waals surface area contributed by atoms with Gasteiger partial charge in [0.05, 0.1) is 0 Å². The number of carboxylic acids is 1. The molecule has 0 fully saturated rings. The quantitative estimate of drug-likeness (QED) is 0.252. The number of hydrogen-bond donors (Lipinski definition) is 3. The molecule has 0 spiro atoms. The van der Waals surface area contributed by atoms with Gasteiger partial charge >= 0.3 is 5.97 Å². The zero-order valence-electron chi connectivity index (χ0n) is 20.2. The maximum Gasteiger partial charge on any atom is 0.326 e. The molecular weight excluding hydrogens is 502 g/mol. The van der Waals surface area contributed by atoms with E-state index >= 15 is 0 Å². The number of carbonyl (C=O) groups excluding carboxylic acids is 1. The molecule has 0 bridgehead atoms. The fourth-order valence-electron chi connectivity index (χ4n) is 4.36. The van der Waals surface area contributed by atoms with Gasteiger partial charge in [0, 0.05) is 23.8 Å². The predicted molar refractivity (Wildman–Crippen MR) is 146 cm³/mol. The normalized spacial score (nSPS) is 11.8. The number of aliphatic carboxylic acids is 1. The maximum absolute atomic E-state index is 13.0. The van der Waals surface area contributed by atoms with Crippen molar-refractivity contribution in [2.45, 2.75) is 18.9 Å². The van der Waals surface area contributed by atoms with Gasteiger partial charge in [-0.3, -0.25) is 4.79 Å². The first-order valence-electron chi connectivity index (χ1n) is 12.0. The number of phenols is 1. The molecule has 0 aliphatic rings. The van der Waals surface area contributed by atoms with Crippen molar-refractivity contribution in [3.8, 4) is 16.9 Å². The van der Waals surface area contributed by atoms with Crippen LogP contribution in [-0.2, 0) is 17.6 Å². The average molecular weight is 526 g/mol. The van der Waals surface area contributed by atoms with Crippen molar-refractivity contribution < 1.29 is 19.8 Å². The summed E-state index contributed by atoms with van der Waals surface area (Å²) >= 11 is 5.99. The van der Waals surface area contributed by atoms with Crippen LogP contribution in [0.4, 0.5) is 0 Å². The maximum atomic E-state index is 13.0. The first-order chi connectivity index (χ1) is 18.4. The van der Waals surface area contributed by atoms with E-state index in [0.29, 0.717) is 17.1 Å². The minimum Gasteiger partial charge on any atom is -0.508 e. The Hall–Kier alpha value is -4.62. The number of halogens is 1. The Bertz CT molecular complexity index is 1610. The van der Waals surface area contributed by atoms with Crippen LogP contribution in [0.15, 0.2) is 97.3 Å². The Kier molecular flexibility index (Phi) is 7.11. The van der Waals surface area contributed by atoms with E-state index in [1.54, 1.807) is 41.1 Å². The monoisotopic (exact) mass is 525 g/mol. The van der Waals surface area contributed by atoms with Gasteiger partial charge in [-0.15, -0.1) is 0 Å². The Balaban J connectivity index is 1.35. The first-order valence-corrected chi connectivity index (χ1v) is 12.4. The molecular formula is C30H24ClN3O4. The van der Waals surface area contributed by atoms with Crippen LogP contribution >= 0.6 is 11.6 Å². The van der Waals surface area contributed by atoms with E-state index in [2.05, 4.69) is 10.3 Å². The van der Waals surface area contributed by atoms with E-state index in [0.717, 1.165) is 27.8 Å². The zero-order chi connectivity index (χ0) is 26.6. The molecule has 0 aliphatic heterocycles. The van der Waals surface area contributed by atoms with E-state index < -0.39 is 17.9 Å². The summed E-state index contributed by atoms with van der Waals surface area (Å²) in [6, 6.07) is 24.5. The standard InChI is InChI=1S/C30H24ClN3O4/c31-24-9-6-20(7-10-24)22-12-13-34-18-27(32-28(34)17-22)29(36)33-26(30(37)38)16-21-8-11-25(35)15-23(21)14-19-4-2-1-3-5-19/h1-13,15,17-18,26,35H,14,16H2,(H,33,36)(H,37,38)/t26-/m0/s1. The summed E-state index contributed by atoms with van der Waals surface area (Å²) in [5, 5.41) is 23.2. The van der Waals surface area contributed by atoms with Gasteiger partial charge in [0.2, 0.25) is 0 Å². The highest BCUT2D eigenvalue weighted by atomic mass is 35.5. The molecule has 1 amide bonds. The van der Waals surface area contributed by atoms with Crippen molar-refractivity contribution in [1.29, 1.82) is 0 Å². The molecule has 1 atom stereocenters. The zero-order valence-corrected chi connectivity index (χ0v) is 21.0. The summed E-state index contributed by atoms with van der Waals surface area (Å²) in [5.41, 5.74) is 5.07. The van der Waals surface area contributed by atoms with E-state index in [4.69, 9.17) is 11.6 Å². The van der Waals surface area contributed by atoms with Crippen LogP contribution in [0, 0.1) is 0 Å². The first kappa shape index (κ1) is 25.0. The number of amides is 1. The fourth-order valence-corrected chi connectivity index (χ4v) is 4.48. The molecule has 0 saturated heterocycles. The van der Waals surface area contributed by atoms with Crippen molar-refractivity contribution in [2.75, 3.05) is 0 Å². The van der Waals surface area contributed by atoms with E-state index in [1.807, 2.05) is 54.6 Å². The van der Waals surface area contributed by atoms with Crippen molar-refractivity contribution in [1.82, 2.24) is 14.7 Å². The molecule has 3 aromatic carbocycles. The Morgan fingerprint density at radius 3 is 2.42 bits per heavy atom. The van der Waals surface area contributed by atoms with Gasteiger partial charge in [-0.05, 0) is 70.6 Å². The topological polar surface area (TPSA) is 104 Å². The lowest BCUT2D eigenvalue weighted by Gasteiger charge is -2.17. The second kappa shape index (κ2) is 10.8. The van der Waals surface area contributed by atoms with Gasteiger partial charge in [-0.25, -0.2) is 9.78 Å². The number of benzene rings is 3. The van der Waals surface area contributed by atoms with Crippen molar-refractivity contribution >= 4 is 29.1 Å². The molecule has 2 heterocycles. The summed E-state index contributed by atoms with van der Waals surface area (Å²) in [7, 11) is 0. The molecule has 8 heteroatoms. The molecule has 0 unspecified atom stereocenters. The molecule has 3 N–H and O–H groups in total. The van der Waals surface area contributed by atoms with E-state index in [1.165, 1.54) is 6.07 Å². The number of phenolic OH excluding ortho intramolecular Hbond substituents is 1. The predicted octanol–water partition coefficient (Wildman–Crippen LogP) is 5.38. The van der Waals surface area contributed by atoms with Gasteiger partial charge in [-0.1, -0.05) is 60.1 Å². The Labute approximate surface area is 224 Å². The number of imidazole rings is 1. The van der Waals surface area contributed by atoms with Gasteiger partial charge in [0.25, 0.3) is 5.91 Å². The molecule has 38 heavy (non-hydrogen) atoms. The highest BCUT2D eigenvalue weighted by molar-refractivity contribution is 6.30. The lowest BCUT2D eigenvalue weighted by atomic mass is 9.95. The molecule has 190 valence electrons. The van der Waals surface area contributed by atoms with Crippen LogP contribution in [0.25, 0.3) is 16.8 Å². The molecule has 7 nitrogen and oxygen atoms in total. The summed E-state index contributed by atoms with van der Waals surface area (Å²) in [4.78, 5) is 29.6. The number of pyridine rings is 1. The number of nitrogens with zero attached hydrogens (tertiary/aromatic N) is 2. The van der Waals surface area contributed by atoms with Crippen LogP contribution in [0.5, 0.6) is 5.75 Å². The van der Waals surface area contributed by atoms with Crippen LogP contribution in [0.1, 0.15) is 27.2 Å². The largest absolute Gasteiger partial charge is 0.508 e. The van der Waals surface area contributed by atoms with Crippen LogP contribution in [-0.4, -0.2) is 37.5 Å². The third kappa shape index (κ3) is 5.68. The Morgan fingerprint density at radius 2 is 1.68 bits per heavy atom. The second-order valence-electron chi connectivity index (χ2n) is 9.00. The third-order valence-electron chi connectivity index (χ3n) is 6.33. The highest BCUT2D eigenvalue weighted by Gasteiger charge is 2.24. The highest BCUT2D eigenvalue weighted by Crippen LogP contribution is 2.24. The number of carboxylic acid groups (broad SMARTS) is 1. The van der Waals surface area contributed by atoms with Gasteiger partial charge in [0.15, 0.2) is 0 Å². The lowest BCUT2D eigenvalue weighted by molar-refractivity contribution is -0.139. The number of hydrogen-bond acceptors (Lipinski definition) is 4. The number of aromatic nitrogens is 2. The smallest absolute Gasteiger partial charge is 0.326 e. The summed E-state index contributed by atoms with van der Waals surface area (Å²) in [6.45, 7) is 0. The number of aromatic hydroxyl groups is 1. The average Bonchev–Trinajstić information content (AvgIpc) is 3.34. The molecule has 0 radical (unpaired) electrons. The fraction of sp³-hybridized carbons (Fsp3) is 0.100. The SMILES string of the molecule is O=C(N[C@@H](Cc1ccc(O)cc1Cc1ccccc1)C(=O)O)c1cn2ccc(-c3ccc(Cl)cc3)cc2n1. The van der Waals surface area contributed by atoms with Crippen LogP contribution in [0.3, 0.4) is 0 Å². The number of nitrogens with one attached hydrogen (secondary N) is 1. The van der Waals surface area contributed by atoms with Crippen molar-refractivity contribution in [3.63, 3.8) is 0 Å². The van der Waals surface area contributed by atoms with Crippen LogP contribution < -0.4 is 5.32 Å².